The van der Waals surface area contributed by atoms with Gasteiger partial charge in [-0.2, -0.15) is 0 Å². The molecule has 0 spiro atoms. The van der Waals surface area contributed by atoms with Gasteiger partial charge in [-0.15, -0.1) is 11.8 Å². The van der Waals surface area contributed by atoms with Crippen LogP contribution in [0.2, 0.25) is 0 Å². The van der Waals surface area contributed by atoms with Gasteiger partial charge < -0.3 is 23.8 Å². The summed E-state index contributed by atoms with van der Waals surface area (Å²) in [6, 6.07) is 6.93. The third kappa shape index (κ3) is 4.04. The fraction of sp³-hybridized carbons (Fsp3) is 0.391. The lowest BCUT2D eigenvalue weighted by Gasteiger charge is -2.27. The SMILES string of the molecule is COC(=O)N(C)[C@H]1CCc2cc(OC)c(OC)c(OC)c2-c2ccc(SC)c(=O)cc21. The molecule has 0 aromatic heterocycles. The molecule has 2 aromatic rings. The fourth-order valence-corrected chi connectivity index (χ4v) is 4.58. The van der Waals surface area contributed by atoms with Crippen LogP contribution in [0.5, 0.6) is 17.2 Å². The van der Waals surface area contributed by atoms with Gasteiger partial charge in [0, 0.05) is 12.6 Å². The maximum atomic E-state index is 12.9. The van der Waals surface area contributed by atoms with E-state index in [1.165, 1.54) is 23.8 Å². The molecule has 0 bridgehead atoms. The van der Waals surface area contributed by atoms with E-state index < -0.39 is 6.09 Å². The summed E-state index contributed by atoms with van der Waals surface area (Å²) in [4.78, 5) is 27.4. The van der Waals surface area contributed by atoms with E-state index in [-0.39, 0.29) is 11.5 Å². The van der Waals surface area contributed by atoms with Crippen molar-refractivity contribution in [3.05, 3.63) is 45.6 Å². The summed E-state index contributed by atoms with van der Waals surface area (Å²) in [6.07, 6.45) is 2.64. The Morgan fingerprint density at radius 3 is 2.35 bits per heavy atom. The summed E-state index contributed by atoms with van der Waals surface area (Å²) in [5.74, 6) is 1.58. The number of carbonyl (C=O) groups excluding carboxylic acids is 1. The highest BCUT2D eigenvalue weighted by Gasteiger charge is 2.32. The molecule has 0 fully saturated rings. The molecule has 7 nitrogen and oxygen atoms in total. The van der Waals surface area contributed by atoms with Gasteiger partial charge in [-0.05, 0) is 54.0 Å². The third-order valence-corrected chi connectivity index (χ3v) is 6.40. The number of rotatable bonds is 5. The summed E-state index contributed by atoms with van der Waals surface area (Å²) < 4.78 is 21.9. The summed E-state index contributed by atoms with van der Waals surface area (Å²) >= 11 is 1.38. The van der Waals surface area contributed by atoms with Crippen LogP contribution in [0.3, 0.4) is 0 Å². The molecule has 0 aliphatic heterocycles. The first kappa shape index (κ1) is 22.8. The van der Waals surface area contributed by atoms with Crippen LogP contribution in [0.1, 0.15) is 23.6 Å². The van der Waals surface area contributed by atoms with Crippen LogP contribution < -0.4 is 19.6 Å². The van der Waals surface area contributed by atoms with Crippen LogP contribution in [-0.2, 0) is 11.2 Å². The Kier molecular flexibility index (Phi) is 7.00. The number of methoxy groups -OCH3 is 4. The van der Waals surface area contributed by atoms with Gasteiger partial charge in [0.05, 0.1) is 39.4 Å². The molecule has 1 atom stereocenters. The number of aryl methyl sites for hydroxylation is 1. The van der Waals surface area contributed by atoms with Gasteiger partial charge >= 0.3 is 6.09 Å². The van der Waals surface area contributed by atoms with E-state index in [0.29, 0.717) is 35.0 Å². The number of carbonyl (C=O) groups is 1. The zero-order valence-corrected chi connectivity index (χ0v) is 19.4. The smallest absolute Gasteiger partial charge is 0.409 e. The van der Waals surface area contributed by atoms with Crippen LogP contribution in [0.25, 0.3) is 11.1 Å². The second kappa shape index (κ2) is 9.51. The van der Waals surface area contributed by atoms with Crippen molar-refractivity contribution in [3.8, 4) is 28.4 Å². The van der Waals surface area contributed by atoms with Crippen molar-refractivity contribution in [2.45, 2.75) is 23.8 Å². The highest BCUT2D eigenvalue weighted by molar-refractivity contribution is 7.98. The number of amides is 1. The van der Waals surface area contributed by atoms with Crippen molar-refractivity contribution in [2.24, 2.45) is 0 Å². The number of thioether (sulfide) groups is 1. The molecule has 1 aliphatic rings. The molecule has 2 aromatic carbocycles. The summed E-state index contributed by atoms with van der Waals surface area (Å²) in [5.41, 5.74) is 3.27. The first-order valence-corrected chi connectivity index (χ1v) is 11.0. The molecule has 8 heteroatoms. The van der Waals surface area contributed by atoms with Gasteiger partial charge in [-0.1, -0.05) is 6.07 Å². The maximum Gasteiger partial charge on any atom is 0.409 e. The molecule has 0 heterocycles. The molecular weight excluding hydrogens is 418 g/mol. The Morgan fingerprint density at radius 2 is 1.77 bits per heavy atom. The minimum absolute atomic E-state index is 0.0973. The van der Waals surface area contributed by atoms with Gasteiger partial charge in [0.1, 0.15) is 0 Å². The van der Waals surface area contributed by atoms with Crippen LogP contribution >= 0.6 is 11.8 Å². The first-order chi connectivity index (χ1) is 14.9. The average molecular weight is 446 g/mol. The molecule has 0 saturated heterocycles. The highest BCUT2D eigenvalue weighted by atomic mass is 32.2. The largest absolute Gasteiger partial charge is 0.493 e. The molecule has 0 N–H and O–H groups in total. The highest BCUT2D eigenvalue weighted by Crippen LogP contribution is 2.50. The number of hydrogen-bond donors (Lipinski definition) is 0. The Hall–Kier alpha value is -2.87. The van der Waals surface area contributed by atoms with Crippen molar-refractivity contribution in [1.29, 1.82) is 0 Å². The monoisotopic (exact) mass is 445 g/mol. The van der Waals surface area contributed by atoms with E-state index in [1.807, 2.05) is 24.5 Å². The van der Waals surface area contributed by atoms with Gasteiger partial charge in [0.2, 0.25) is 5.75 Å². The van der Waals surface area contributed by atoms with E-state index >= 15 is 0 Å². The summed E-state index contributed by atoms with van der Waals surface area (Å²) in [7, 11) is 7.75. The molecule has 0 radical (unpaired) electrons. The van der Waals surface area contributed by atoms with E-state index in [4.69, 9.17) is 18.9 Å². The number of ether oxygens (including phenoxy) is 4. The lowest BCUT2D eigenvalue weighted by Crippen LogP contribution is -2.31. The Balaban J connectivity index is 2.42. The molecule has 0 saturated carbocycles. The minimum Gasteiger partial charge on any atom is -0.493 e. The van der Waals surface area contributed by atoms with Crippen LogP contribution in [0.4, 0.5) is 4.79 Å². The predicted molar refractivity (Wildman–Crippen MR) is 121 cm³/mol. The molecule has 3 rings (SSSR count). The number of nitrogens with zero attached hydrogens (tertiary/aromatic N) is 1. The van der Waals surface area contributed by atoms with E-state index in [0.717, 1.165) is 22.3 Å². The van der Waals surface area contributed by atoms with E-state index in [2.05, 4.69) is 0 Å². The average Bonchev–Trinajstić information content (AvgIpc) is 3.04. The van der Waals surface area contributed by atoms with Gasteiger partial charge in [-0.25, -0.2) is 4.79 Å². The second-order valence-electron chi connectivity index (χ2n) is 7.09. The van der Waals surface area contributed by atoms with Crippen LogP contribution in [-0.4, -0.2) is 52.7 Å². The maximum absolute atomic E-state index is 12.9. The molecule has 1 aliphatic carbocycles. The number of benzene rings is 1. The summed E-state index contributed by atoms with van der Waals surface area (Å²) in [5, 5.41) is 0. The van der Waals surface area contributed by atoms with E-state index in [9.17, 15) is 9.59 Å². The Bertz CT molecular complexity index is 1060. The first-order valence-electron chi connectivity index (χ1n) is 9.76. The molecule has 166 valence electrons. The topological polar surface area (TPSA) is 74.3 Å². The van der Waals surface area contributed by atoms with Crippen LogP contribution in [0.15, 0.2) is 34.0 Å². The van der Waals surface area contributed by atoms with Crippen molar-refractivity contribution >= 4 is 17.9 Å². The number of hydrogen-bond acceptors (Lipinski definition) is 7. The van der Waals surface area contributed by atoms with Gasteiger partial charge in [-0.3, -0.25) is 4.79 Å². The zero-order chi connectivity index (χ0) is 22.7. The molecular formula is C23H27NO6S. The zero-order valence-electron chi connectivity index (χ0n) is 18.6. The van der Waals surface area contributed by atoms with E-state index in [1.54, 1.807) is 34.4 Å². The standard InChI is InChI=1S/C23H27NO6S/c1-24(23(26)30-5)16-9-7-13-11-18(27-2)21(28-3)22(29-4)20(13)14-8-10-19(31-6)17(25)12-15(14)16/h8,10-12,16H,7,9H2,1-6H3/t16-/m0/s1. The molecule has 0 unspecified atom stereocenters. The lowest BCUT2D eigenvalue weighted by molar-refractivity contribution is 0.115. The Labute approximate surface area is 186 Å². The molecule has 31 heavy (non-hydrogen) atoms. The fourth-order valence-electron chi connectivity index (χ4n) is 4.12. The summed E-state index contributed by atoms with van der Waals surface area (Å²) in [6.45, 7) is 0. The predicted octanol–water partition coefficient (Wildman–Crippen LogP) is 4.15. The van der Waals surface area contributed by atoms with Crippen molar-refractivity contribution in [2.75, 3.05) is 41.7 Å². The van der Waals surface area contributed by atoms with Gasteiger partial charge in [0.15, 0.2) is 16.9 Å². The molecule has 1 amide bonds. The third-order valence-electron chi connectivity index (χ3n) is 5.62. The lowest BCUT2D eigenvalue weighted by atomic mass is 9.95. The van der Waals surface area contributed by atoms with Crippen molar-refractivity contribution in [1.82, 2.24) is 4.90 Å². The van der Waals surface area contributed by atoms with Crippen molar-refractivity contribution < 1.29 is 23.7 Å². The second-order valence-corrected chi connectivity index (χ2v) is 7.94. The van der Waals surface area contributed by atoms with Gasteiger partial charge in [0.25, 0.3) is 0 Å². The van der Waals surface area contributed by atoms with Crippen LogP contribution in [0, 0.1) is 0 Å². The quantitative estimate of drug-likeness (QED) is 0.640. The Morgan fingerprint density at radius 1 is 1.06 bits per heavy atom. The minimum atomic E-state index is -0.465. The number of fused-ring (bicyclic) bond motifs is 3. The van der Waals surface area contributed by atoms with Crippen molar-refractivity contribution in [3.63, 3.8) is 0 Å². The normalized spacial score (nSPS) is 14.6.